The Hall–Kier alpha value is -2.57. The van der Waals surface area contributed by atoms with Crippen molar-refractivity contribution in [1.29, 1.82) is 0 Å². The molecule has 0 saturated heterocycles. The van der Waals surface area contributed by atoms with Gasteiger partial charge in [0.1, 0.15) is 6.54 Å². The average molecular weight is 379 g/mol. The first kappa shape index (κ1) is 17.3. The van der Waals surface area contributed by atoms with Crippen LogP contribution in [0.3, 0.4) is 0 Å². The van der Waals surface area contributed by atoms with Crippen molar-refractivity contribution in [3.8, 4) is 0 Å². The number of amides is 2. The van der Waals surface area contributed by atoms with Crippen LogP contribution in [0.5, 0.6) is 0 Å². The van der Waals surface area contributed by atoms with E-state index in [1.165, 1.54) is 23.1 Å². The molecule has 2 aromatic rings. The maximum atomic E-state index is 12.4. The zero-order valence-corrected chi connectivity index (χ0v) is 14.3. The molecule has 1 aliphatic rings. The third kappa shape index (κ3) is 3.75. The maximum absolute atomic E-state index is 12.4. The average Bonchev–Trinajstić information content (AvgIpc) is 2.58. The summed E-state index contributed by atoms with van der Waals surface area (Å²) in [6.45, 7) is -0.658. The van der Waals surface area contributed by atoms with E-state index < -0.39 is 18.5 Å². The number of carbonyl (C=O) groups excluding carboxylic acids is 3. The van der Waals surface area contributed by atoms with E-state index in [1.807, 2.05) is 0 Å². The molecule has 0 unspecified atom stereocenters. The van der Waals surface area contributed by atoms with E-state index in [0.29, 0.717) is 16.4 Å². The second kappa shape index (κ2) is 7.13. The van der Waals surface area contributed by atoms with E-state index in [9.17, 15) is 14.4 Å². The monoisotopic (exact) mass is 378 g/mol. The van der Waals surface area contributed by atoms with Gasteiger partial charge in [0, 0.05) is 5.02 Å². The molecular formula is C17H12Cl2N2O4. The van der Waals surface area contributed by atoms with Gasteiger partial charge in [-0.3, -0.25) is 14.5 Å². The van der Waals surface area contributed by atoms with E-state index in [2.05, 4.69) is 5.32 Å². The fraction of sp³-hybridized carbons (Fsp3) is 0.118. The summed E-state index contributed by atoms with van der Waals surface area (Å²) in [7, 11) is 0. The molecule has 1 N–H and O–H groups in total. The quantitative estimate of drug-likeness (QED) is 0.832. The summed E-state index contributed by atoms with van der Waals surface area (Å²) in [5.41, 5.74) is 1.18. The van der Waals surface area contributed by atoms with Crippen LogP contribution in [0.15, 0.2) is 42.5 Å². The third-order valence-corrected chi connectivity index (χ3v) is 4.10. The lowest BCUT2D eigenvalue weighted by Gasteiger charge is -2.28. The Labute approximate surface area is 153 Å². The van der Waals surface area contributed by atoms with Gasteiger partial charge in [0.15, 0.2) is 6.61 Å². The molecule has 128 valence electrons. The largest absolute Gasteiger partial charge is 0.452 e. The minimum absolute atomic E-state index is 0.107. The van der Waals surface area contributed by atoms with E-state index >= 15 is 0 Å². The molecule has 25 heavy (non-hydrogen) atoms. The summed E-state index contributed by atoms with van der Waals surface area (Å²) in [5.74, 6) is -1.58. The van der Waals surface area contributed by atoms with Gasteiger partial charge < -0.3 is 10.1 Å². The van der Waals surface area contributed by atoms with Crippen molar-refractivity contribution in [1.82, 2.24) is 0 Å². The highest BCUT2D eigenvalue weighted by Crippen LogP contribution is 2.29. The molecule has 0 radical (unpaired) electrons. The Kier molecular flexibility index (Phi) is 4.92. The normalized spacial score (nSPS) is 13.0. The van der Waals surface area contributed by atoms with E-state index in [-0.39, 0.29) is 23.0 Å². The van der Waals surface area contributed by atoms with Crippen LogP contribution >= 0.6 is 23.2 Å². The number of nitrogens with one attached hydrogen (secondary N) is 1. The van der Waals surface area contributed by atoms with Crippen molar-refractivity contribution in [2.24, 2.45) is 0 Å². The smallest absolute Gasteiger partial charge is 0.340 e. The summed E-state index contributed by atoms with van der Waals surface area (Å²) in [4.78, 5) is 37.5. The van der Waals surface area contributed by atoms with Crippen LogP contribution in [0.4, 0.5) is 11.4 Å². The van der Waals surface area contributed by atoms with Gasteiger partial charge in [-0.2, -0.15) is 0 Å². The molecule has 0 atom stereocenters. The molecule has 6 nitrogen and oxygen atoms in total. The van der Waals surface area contributed by atoms with Crippen LogP contribution in [-0.4, -0.2) is 30.9 Å². The maximum Gasteiger partial charge on any atom is 0.340 e. The van der Waals surface area contributed by atoms with Gasteiger partial charge in [0.2, 0.25) is 5.91 Å². The fourth-order valence-corrected chi connectivity index (χ4v) is 2.88. The number of ether oxygens (including phenoxy) is 1. The number of rotatable bonds is 3. The Bertz CT molecular complexity index is 869. The van der Waals surface area contributed by atoms with Crippen molar-refractivity contribution in [3.05, 3.63) is 58.1 Å². The van der Waals surface area contributed by atoms with Crippen molar-refractivity contribution in [2.45, 2.75) is 0 Å². The van der Waals surface area contributed by atoms with Gasteiger partial charge in [0.05, 0.1) is 22.0 Å². The van der Waals surface area contributed by atoms with Crippen LogP contribution in [0.2, 0.25) is 10.0 Å². The lowest BCUT2D eigenvalue weighted by molar-refractivity contribution is -0.124. The Morgan fingerprint density at radius 1 is 1.16 bits per heavy atom. The number of para-hydroxylation sites is 2. The van der Waals surface area contributed by atoms with E-state index in [1.54, 1.807) is 24.3 Å². The van der Waals surface area contributed by atoms with Crippen LogP contribution in [0, 0.1) is 0 Å². The molecule has 3 rings (SSSR count). The minimum atomic E-state index is -0.746. The molecule has 8 heteroatoms. The second-order valence-corrected chi connectivity index (χ2v) is 6.09. The van der Waals surface area contributed by atoms with Crippen LogP contribution in [0.25, 0.3) is 0 Å². The van der Waals surface area contributed by atoms with Gasteiger partial charge in [-0.15, -0.1) is 0 Å². The van der Waals surface area contributed by atoms with Gasteiger partial charge >= 0.3 is 5.97 Å². The zero-order chi connectivity index (χ0) is 18.0. The zero-order valence-electron chi connectivity index (χ0n) is 12.8. The van der Waals surface area contributed by atoms with Crippen molar-refractivity contribution in [2.75, 3.05) is 23.4 Å². The first-order valence-corrected chi connectivity index (χ1v) is 8.02. The van der Waals surface area contributed by atoms with Crippen molar-refractivity contribution >= 4 is 52.4 Å². The van der Waals surface area contributed by atoms with Crippen molar-refractivity contribution < 1.29 is 19.1 Å². The number of anilines is 2. The van der Waals surface area contributed by atoms with E-state index in [0.717, 1.165) is 0 Å². The number of benzene rings is 2. The molecule has 2 amide bonds. The Morgan fingerprint density at radius 2 is 1.92 bits per heavy atom. The van der Waals surface area contributed by atoms with Crippen LogP contribution < -0.4 is 10.2 Å². The highest BCUT2D eigenvalue weighted by Gasteiger charge is 2.27. The standard InChI is InChI=1S/C17H12Cl2N2O4/c18-10-5-6-11(12(19)7-10)17(24)25-9-16(23)21-8-15(22)20-13-3-1-2-4-14(13)21/h1-7H,8-9H2,(H,20,22). The molecule has 0 aliphatic carbocycles. The van der Waals surface area contributed by atoms with Gasteiger partial charge in [-0.05, 0) is 30.3 Å². The summed E-state index contributed by atoms with van der Waals surface area (Å²) in [6, 6.07) is 11.2. The molecule has 1 heterocycles. The van der Waals surface area contributed by atoms with E-state index in [4.69, 9.17) is 27.9 Å². The number of hydrogen-bond acceptors (Lipinski definition) is 4. The summed E-state index contributed by atoms with van der Waals surface area (Å²) < 4.78 is 5.02. The summed E-state index contributed by atoms with van der Waals surface area (Å²) in [5, 5.41) is 3.19. The molecule has 0 aromatic heterocycles. The topological polar surface area (TPSA) is 75.7 Å². The number of carbonyl (C=O) groups is 3. The van der Waals surface area contributed by atoms with Gasteiger partial charge in [-0.1, -0.05) is 35.3 Å². The van der Waals surface area contributed by atoms with Crippen LogP contribution in [-0.2, 0) is 14.3 Å². The van der Waals surface area contributed by atoms with Gasteiger partial charge in [0.25, 0.3) is 5.91 Å². The summed E-state index contributed by atoms with van der Waals surface area (Å²) >= 11 is 11.7. The highest BCUT2D eigenvalue weighted by atomic mass is 35.5. The molecule has 2 aromatic carbocycles. The molecule has 0 spiro atoms. The fourth-order valence-electron chi connectivity index (χ4n) is 2.39. The number of fused-ring (bicyclic) bond motifs is 1. The molecular weight excluding hydrogens is 367 g/mol. The first-order valence-electron chi connectivity index (χ1n) is 7.27. The first-order chi connectivity index (χ1) is 12.0. The summed E-state index contributed by atoms with van der Waals surface area (Å²) in [6.07, 6.45) is 0. The predicted octanol–water partition coefficient (Wildman–Crippen LogP) is 3.14. The number of esters is 1. The van der Waals surface area contributed by atoms with Crippen LogP contribution in [0.1, 0.15) is 10.4 Å². The lowest BCUT2D eigenvalue weighted by atomic mass is 10.2. The molecule has 0 bridgehead atoms. The Balaban J connectivity index is 1.71. The molecule has 0 fully saturated rings. The van der Waals surface area contributed by atoms with Crippen molar-refractivity contribution in [3.63, 3.8) is 0 Å². The molecule has 0 saturated carbocycles. The lowest BCUT2D eigenvalue weighted by Crippen LogP contribution is -2.44. The SMILES string of the molecule is O=C1CN(C(=O)COC(=O)c2ccc(Cl)cc2Cl)c2ccccc2N1. The van der Waals surface area contributed by atoms with Gasteiger partial charge in [-0.25, -0.2) is 4.79 Å². The number of halogens is 2. The minimum Gasteiger partial charge on any atom is -0.452 e. The Morgan fingerprint density at radius 3 is 2.68 bits per heavy atom. The second-order valence-electron chi connectivity index (χ2n) is 5.25. The number of hydrogen-bond donors (Lipinski definition) is 1. The predicted molar refractivity (Wildman–Crippen MR) is 94.2 cm³/mol. The molecule has 1 aliphatic heterocycles. The highest BCUT2D eigenvalue weighted by molar-refractivity contribution is 6.36. The number of nitrogens with zero attached hydrogens (tertiary/aromatic N) is 1. The third-order valence-electron chi connectivity index (χ3n) is 3.55.